The monoisotopic (exact) mass is 705 g/mol. The summed E-state index contributed by atoms with van der Waals surface area (Å²) in [4.78, 5) is 2.33. The van der Waals surface area contributed by atoms with Crippen molar-refractivity contribution in [1.29, 1.82) is 0 Å². The van der Waals surface area contributed by atoms with Crippen molar-refractivity contribution in [2.24, 2.45) is 0 Å². The molecule has 0 unspecified atom stereocenters. The van der Waals surface area contributed by atoms with E-state index < -0.39 is 0 Å². The van der Waals surface area contributed by atoms with Crippen LogP contribution >= 0.6 is 0 Å². The third-order valence-electron chi connectivity index (χ3n) is 12.2. The van der Waals surface area contributed by atoms with E-state index in [2.05, 4.69) is 221 Å². The minimum atomic E-state index is -0.0772. The smallest absolute Gasteiger partial charge is 0.0468 e. The first-order valence-corrected chi connectivity index (χ1v) is 19.4. The van der Waals surface area contributed by atoms with Crippen LogP contribution in [0.25, 0.3) is 56.0 Å². The van der Waals surface area contributed by atoms with E-state index in [0.717, 1.165) is 22.6 Å². The molecule has 2 aliphatic carbocycles. The van der Waals surface area contributed by atoms with Crippen molar-refractivity contribution < 1.29 is 0 Å². The van der Waals surface area contributed by atoms with Gasteiger partial charge in [0.05, 0.1) is 0 Å². The average Bonchev–Trinajstić information content (AvgIpc) is 3.62. The van der Waals surface area contributed by atoms with Crippen LogP contribution in [0.4, 0.5) is 17.1 Å². The molecule has 0 fully saturated rings. The van der Waals surface area contributed by atoms with E-state index in [1.165, 1.54) is 71.6 Å². The highest BCUT2D eigenvalue weighted by Crippen LogP contribution is 2.62. The van der Waals surface area contributed by atoms with Crippen LogP contribution in [-0.4, -0.2) is 0 Å². The molecule has 0 saturated carbocycles. The second-order valence-corrected chi connectivity index (χ2v) is 16.2. The van der Waals surface area contributed by atoms with Crippen molar-refractivity contribution in [3.8, 4) is 11.1 Å². The van der Waals surface area contributed by atoms with Crippen LogP contribution in [0, 0.1) is 0 Å². The molecule has 0 atom stereocenters. The Morgan fingerprint density at radius 2 is 1.00 bits per heavy atom. The van der Waals surface area contributed by atoms with Gasteiger partial charge < -0.3 is 4.90 Å². The fourth-order valence-corrected chi connectivity index (χ4v) is 9.51. The first-order valence-electron chi connectivity index (χ1n) is 19.4. The zero-order valence-electron chi connectivity index (χ0n) is 31.8. The van der Waals surface area contributed by atoms with Crippen LogP contribution in [0.5, 0.6) is 0 Å². The molecule has 1 heteroatoms. The number of fused-ring (bicyclic) bond motifs is 6. The van der Waals surface area contributed by atoms with E-state index in [9.17, 15) is 0 Å². The van der Waals surface area contributed by atoms with E-state index in [1.807, 2.05) is 0 Å². The lowest BCUT2D eigenvalue weighted by Gasteiger charge is -2.28. The Balaban J connectivity index is 0.969. The van der Waals surface area contributed by atoms with Gasteiger partial charge in [-0.05, 0) is 120 Å². The lowest BCUT2D eigenvalue weighted by molar-refractivity contribution is 0.694. The third-order valence-corrected chi connectivity index (χ3v) is 12.2. The van der Waals surface area contributed by atoms with Crippen molar-refractivity contribution >= 4 is 61.9 Å². The number of para-hydroxylation sites is 1. The Labute approximate surface area is 324 Å². The van der Waals surface area contributed by atoms with Crippen molar-refractivity contribution in [3.63, 3.8) is 0 Å². The number of nitrogens with zero attached hydrogens (tertiary/aromatic N) is 1. The van der Waals surface area contributed by atoms with Crippen LogP contribution < -0.4 is 4.90 Å². The van der Waals surface area contributed by atoms with E-state index in [4.69, 9.17) is 0 Å². The summed E-state index contributed by atoms with van der Waals surface area (Å²) in [6.45, 7) is 9.62. The molecular formula is C54H43N. The fraction of sp³-hybridized carbons (Fsp3) is 0.111. The molecule has 2 aliphatic rings. The summed E-state index contributed by atoms with van der Waals surface area (Å²) < 4.78 is 0. The Bertz CT molecular complexity index is 2850. The number of rotatable bonds is 6. The number of hydrogen-bond acceptors (Lipinski definition) is 1. The minimum Gasteiger partial charge on any atom is -0.310 e. The van der Waals surface area contributed by atoms with Gasteiger partial charge in [-0.15, -0.1) is 0 Å². The first kappa shape index (κ1) is 33.2. The molecular weight excluding hydrogens is 663 g/mol. The summed E-state index contributed by atoms with van der Waals surface area (Å²) in [5.74, 6) is 0. The molecule has 0 radical (unpaired) electrons. The molecule has 0 heterocycles. The predicted molar refractivity (Wildman–Crippen MR) is 236 cm³/mol. The molecule has 0 aromatic heterocycles. The summed E-state index contributed by atoms with van der Waals surface area (Å²) in [6.07, 6.45) is 4.50. The summed E-state index contributed by atoms with van der Waals surface area (Å²) in [6, 6.07) is 64.5. The highest BCUT2D eigenvalue weighted by atomic mass is 15.1. The van der Waals surface area contributed by atoms with Gasteiger partial charge in [0.25, 0.3) is 0 Å². The number of hydrogen-bond donors (Lipinski definition) is 0. The molecule has 0 N–H and O–H groups in total. The van der Waals surface area contributed by atoms with Crippen LogP contribution in [-0.2, 0) is 10.8 Å². The molecule has 8 aromatic carbocycles. The van der Waals surface area contributed by atoms with Crippen molar-refractivity contribution in [1.82, 2.24) is 0 Å². The third kappa shape index (κ3) is 5.29. The second-order valence-electron chi connectivity index (χ2n) is 16.2. The highest BCUT2D eigenvalue weighted by molar-refractivity contribution is 6.10. The van der Waals surface area contributed by atoms with Gasteiger partial charge in [-0.2, -0.15) is 0 Å². The van der Waals surface area contributed by atoms with Crippen LogP contribution in [0.15, 0.2) is 176 Å². The largest absolute Gasteiger partial charge is 0.310 e. The molecule has 8 aromatic rings. The van der Waals surface area contributed by atoms with Crippen LogP contribution in [0.1, 0.15) is 61.1 Å². The summed E-state index contributed by atoms with van der Waals surface area (Å²) in [5, 5.41) is 5.01. The first-order chi connectivity index (χ1) is 26.8. The lowest BCUT2D eigenvalue weighted by atomic mass is 9.75. The number of benzene rings is 8. The maximum absolute atomic E-state index is 2.47. The molecule has 55 heavy (non-hydrogen) atoms. The van der Waals surface area contributed by atoms with E-state index >= 15 is 0 Å². The van der Waals surface area contributed by atoms with Gasteiger partial charge in [0.2, 0.25) is 0 Å². The minimum absolute atomic E-state index is 0.0184. The van der Waals surface area contributed by atoms with E-state index in [1.54, 1.807) is 0 Å². The zero-order valence-corrected chi connectivity index (χ0v) is 31.8. The standard InChI is InChI=1S/C54H43N/c1-53(2)49-21-13-12-20-47(49)51-52(53)48-33-28-40(35-50(48)54(51,3)4)45-32-27-38(44-18-10-11-19-46(44)45)25-22-36-23-29-42(30-24-36)55(41-16-6-5-7-17-41)43-31-26-37-14-8-9-15-39(37)34-43/h5-35H,1-4H3/b25-22+. The maximum atomic E-state index is 2.47. The molecule has 0 aliphatic heterocycles. The predicted octanol–water partition coefficient (Wildman–Crippen LogP) is 14.8. The van der Waals surface area contributed by atoms with Crippen LogP contribution in [0.3, 0.4) is 0 Å². The quantitative estimate of drug-likeness (QED) is 0.156. The normalized spacial score (nSPS) is 15.1. The average molecular weight is 706 g/mol. The Hall–Kier alpha value is -6.44. The van der Waals surface area contributed by atoms with Gasteiger partial charge in [-0.3, -0.25) is 0 Å². The SMILES string of the molecule is CC1(C)C2=C(c3ccccc31)C(C)(C)c1cc(-c3ccc(/C=C/c4ccc(N(c5ccccc5)c5ccc6ccccc6c5)cc4)c4ccccc34)ccc12. The summed E-state index contributed by atoms with van der Waals surface area (Å²) in [5.41, 5.74) is 16.9. The van der Waals surface area contributed by atoms with Crippen molar-refractivity contribution in [3.05, 3.63) is 209 Å². The Morgan fingerprint density at radius 3 is 1.80 bits per heavy atom. The van der Waals surface area contributed by atoms with Gasteiger partial charge in [-0.1, -0.05) is 173 Å². The number of anilines is 3. The van der Waals surface area contributed by atoms with Crippen LogP contribution in [0.2, 0.25) is 0 Å². The second kappa shape index (κ2) is 12.6. The van der Waals surface area contributed by atoms with E-state index in [-0.39, 0.29) is 10.8 Å². The molecule has 1 nitrogen and oxygen atoms in total. The topological polar surface area (TPSA) is 3.24 Å². The highest BCUT2D eigenvalue weighted by Gasteiger charge is 2.49. The number of allylic oxidation sites excluding steroid dienone is 2. The molecule has 10 rings (SSSR count). The fourth-order valence-electron chi connectivity index (χ4n) is 9.51. The van der Waals surface area contributed by atoms with Gasteiger partial charge in [0.1, 0.15) is 0 Å². The van der Waals surface area contributed by atoms with Crippen molar-refractivity contribution in [2.45, 2.75) is 38.5 Å². The summed E-state index contributed by atoms with van der Waals surface area (Å²) >= 11 is 0. The lowest BCUT2D eigenvalue weighted by Crippen LogP contribution is -2.19. The molecule has 264 valence electrons. The Kier molecular flexibility index (Phi) is 7.58. The van der Waals surface area contributed by atoms with Crippen molar-refractivity contribution in [2.75, 3.05) is 4.90 Å². The van der Waals surface area contributed by atoms with Gasteiger partial charge >= 0.3 is 0 Å². The van der Waals surface area contributed by atoms with Gasteiger partial charge in [0, 0.05) is 27.9 Å². The molecule has 0 bridgehead atoms. The molecule has 0 spiro atoms. The maximum Gasteiger partial charge on any atom is 0.0468 e. The van der Waals surface area contributed by atoms with E-state index in [0.29, 0.717) is 0 Å². The summed E-state index contributed by atoms with van der Waals surface area (Å²) in [7, 11) is 0. The molecule has 0 amide bonds. The van der Waals surface area contributed by atoms with Gasteiger partial charge in [-0.25, -0.2) is 0 Å². The molecule has 0 saturated heterocycles. The zero-order chi connectivity index (χ0) is 37.3. The Morgan fingerprint density at radius 1 is 0.400 bits per heavy atom. The van der Waals surface area contributed by atoms with Gasteiger partial charge in [0.15, 0.2) is 0 Å².